The molecule has 2 aromatic carbocycles. The second-order valence-corrected chi connectivity index (χ2v) is 9.46. The van der Waals surface area contributed by atoms with Crippen molar-refractivity contribution in [2.75, 3.05) is 37.6 Å². The Bertz CT molecular complexity index is 1270. The molecule has 4 aromatic rings. The van der Waals surface area contributed by atoms with Crippen molar-refractivity contribution in [3.8, 4) is 16.9 Å². The summed E-state index contributed by atoms with van der Waals surface area (Å²) < 4.78 is 15.2. The number of carbonyl (C=O) groups excluding carboxylic acids is 1. The molecule has 5 rings (SSSR count). The van der Waals surface area contributed by atoms with Crippen LogP contribution >= 0.6 is 11.6 Å². The van der Waals surface area contributed by atoms with Gasteiger partial charge in [-0.2, -0.15) is 5.10 Å². The van der Waals surface area contributed by atoms with Crippen molar-refractivity contribution in [2.24, 2.45) is 0 Å². The van der Waals surface area contributed by atoms with Gasteiger partial charge < -0.3 is 10.2 Å². The van der Waals surface area contributed by atoms with Crippen molar-refractivity contribution in [3.63, 3.8) is 0 Å². The maximum Gasteiger partial charge on any atom is 0.272 e. The normalized spacial score (nSPS) is 14.9. The molecule has 1 saturated heterocycles. The number of benzene rings is 2. The van der Waals surface area contributed by atoms with Crippen molar-refractivity contribution >= 4 is 23.5 Å². The zero-order valence-electron chi connectivity index (χ0n) is 20.4. The Morgan fingerprint density at radius 1 is 1.03 bits per heavy atom. The number of halogens is 2. The van der Waals surface area contributed by atoms with Crippen LogP contribution in [0, 0.1) is 5.82 Å². The zero-order chi connectivity index (χ0) is 25.8. The van der Waals surface area contributed by atoms with Gasteiger partial charge >= 0.3 is 0 Å². The number of hydrogen-bond donors (Lipinski definition) is 1. The third kappa shape index (κ3) is 5.95. The first-order chi connectivity index (χ1) is 18.0. The summed E-state index contributed by atoms with van der Waals surface area (Å²) in [5.41, 5.74) is 2.49. The third-order valence-electron chi connectivity index (χ3n) is 6.27. The Kier molecular flexibility index (Phi) is 7.43. The standard InChI is InChI=1S/C27H27ClFN7O/c1-19(18-34-13-15-35(16-14-34)27-30-11-2-12-31-27)32-26(37)24-17-25(20-3-5-21(28)6-4-20)36(33-24)23-9-7-22(29)8-10-23/h2-12,17,19H,13-16,18H2,1H3,(H,32,37). The van der Waals surface area contributed by atoms with E-state index in [1.54, 1.807) is 47.4 Å². The fourth-order valence-electron chi connectivity index (χ4n) is 4.41. The van der Waals surface area contributed by atoms with E-state index in [0.717, 1.165) is 44.2 Å². The predicted molar refractivity (Wildman–Crippen MR) is 142 cm³/mol. The van der Waals surface area contributed by atoms with E-state index < -0.39 is 0 Å². The summed E-state index contributed by atoms with van der Waals surface area (Å²) in [5, 5.41) is 8.25. The topological polar surface area (TPSA) is 79.2 Å². The van der Waals surface area contributed by atoms with Crippen LogP contribution in [-0.4, -0.2) is 69.3 Å². The second-order valence-electron chi connectivity index (χ2n) is 9.02. The monoisotopic (exact) mass is 519 g/mol. The lowest BCUT2D eigenvalue weighted by Gasteiger charge is -2.35. The summed E-state index contributed by atoms with van der Waals surface area (Å²) in [6, 6.07) is 16.8. The van der Waals surface area contributed by atoms with Crippen LogP contribution in [0.4, 0.5) is 10.3 Å². The van der Waals surface area contributed by atoms with Crippen LogP contribution in [0.2, 0.25) is 5.02 Å². The molecular formula is C27H27ClFN7O. The van der Waals surface area contributed by atoms with E-state index in [9.17, 15) is 9.18 Å². The first-order valence-corrected chi connectivity index (χ1v) is 12.5. The molecule has 0 aliphatic carbocycles. The molecule has 1 amide bonds. The number of hydrogen-bond acceptors (Lipinski definition) is 6. The summed E-state index contributed by atoms with van der Waals surface area (Å²) in [6.07, 6.45) is 3.50. The molecule has 2 aromatic heterocycles. The van der Waals surface area contributed by atoms with Gasteiger partial charge in [-0.15, -0.1) is 0 Å². The summed E-state index contributed by atoms with van der Waals surface area (Å²) in [7, 11) is 0. The summed E-state index contributed by atoms with van der Waals surface area (Å²) in [4.78, 5) is 26.3. The van der Waals surface area contributed by atoms with E-state index in [1.807, 2.05) is 25.1 Å². The molecule has 0 saturated carbocycles. The Hall–Kier alpha value is -3.82. The number of aromatic nitrogens is 4. The quantitative estimate of drug-likeness (QED) is 0.397. The van der Waals surface area contributed by atoms with Gasteiger partial charge in [-0.05, 0) is 55.5 Å². The number of nitrogens with one attached hydrogen (secondary N) is 1. The van der Waals surface area contributed by atoms with Crippen LogP contribution in [0.3, 0.4) is 0 Å². The van der Waals surface area contributed by atoms with E-state index >= 15 is 0 Å². The van der Waals surface area contributed by atoms with Gasteiger partial charge in [-0.25, -0.2) is 19.0 Å². The number of anilines is 1. The molecule has 1 aliphatic rings. The molecule has 190 valence electrons. The van der Waals surface area contributed by atoms with Gasteiger partial charge in [-0.1, -0.05) is 23.7 Å². The zero-order valence-corrected chi connectivity index (χ0v) is 21.1. The highest BCUT2D eigenvalue weighted by Gasteiger charge is 2.22. The van der Waals surface area contributed by atoms with Crippen LogP contribution in [0.5, 0.6) is 0 Å². The van der Waals surface area contributed by atoms with Crippen molar-refractivity contribution < 1.29 is 9.18 Å². The lowest BCUT2D eigenvalue weighted by atomic mass is 10.1. The molecule has 1 aliphatic heterocycles. The number of amides is 1. The van der Waals surface area contributed by atoms with E-state index in [4.69, 9.17) is 11.6 Å². The molecule has 1 N–H and O–H groups in total. The van der Waals surface area contributed by atoms with Gasteiger partial charge in [0, 0.05) is 61.7 Å². The Morgan fingerprint density at radius 2 is 1.70 bits per heavy atom. The minimum atomic E-state index is -0.340. The van der Waals surface area contributed by atoms with Crippen molar-refractivity contribution in [1.29, 1.82) is 0 Å². The smallest absolute Gasteiger partial charge is 0.272 e. The Labute approximate surface area is 219 Å². The largest absolute Gasteiger partial charge is 0.347 e. The molecule has 0 radical (unpaired) electrons. The van der Waals surface area contributed by atoms with E-state index in [-0.39, 0.29) is 23.5 Å². The van der Waals surface area contributed by atoms with Gasteiger partial charge in [-0.3, -0.25) is 9.69 Å². The molecule has 0 spiro atoms. The summed E-state index contributed by atoms with van der Waals surface area (Å²) in [5.74, 6) is 0.143. The predicted octanol–water partition coefficient (Wildman–Crippen LogP) is 4.06. The average molecular weight is 520 g/mol. The maximum atomic E-state index is 13.5. The summed E-state index contributed by atoms with van der Waals surface area (Å²) in [6.45, 7) is 6.09. The average Bonchev–Trinajstić information content (AvgIpc) is 3.36. The molecule has 1 unspecified atom stereocenters. The van der Waals surface area contributed by atoms with Crippen molar-refractivity contribution in [3.05, 3.63) is 89.6 Å². The molecule has 1 fully saturated rings. The SMILES string of the molecule is CC(CN1CCN(c2ncccn2)CC1)NC(=O)c1cc(-c2ccc(Cl)cc2)n(-c2ccc(F)cc2)n1. The molecule has 0 bridgehead atoms. The van der Waals surface area contributed by atoms with Crippen LogP contribution in [-0.2, 0) is 0 Å². The minimum Gasteiger partial charge on any atom is -0.347 e. The van der Waals surface area contributed by atoms with E-state index in [0.29, 0.717) is 16.4 Å². The molecule has 3 heterocycles. The number of carbonyl (C=O) groups is 1. The van der Waals surface area contributed by atoms with E-state index in [2.05, 4.69) is 30.2 Å². The lowest BCUT2D eigenvalue weighted by molar-refractivity contribution is 0.0922. The molecule has 1 atom stereocenters. The summed E-state index contributed by atoms with van der Waals surface area (Å²) >= 11 is 6.06. The second kappa shape index (κ2) is 11.1. The van der Waals surface area contributed by atoms with Crippen molar-refractivity contribution in [1.82, 2.24) is 30.0 Å². The lowest BCUT2D eigenvalue weighted by Crippen LogP contribution is -2.51. The van der Waals surface area contributed by atoms with Gasteiger partial charge in [0.05, 0.1) is 11.4 Å². The third-order valence-corrected chi connectivity index (χ3v) is 6.52. The number of nitrogens with zero attached hydrogens (tertiary/aromatic N) is 6. The van der Waals surface area contributed by atoms with Gasteiger partial charge in [0.1, 0.15) is 5.82 Å². The number of piperazine rings is 1. The molecular weight excluding hydrogens is 493 g/mol. The van der Waals surface area contributed by atoms with Crippen LogP contribution in [0.1, 0.15) is 17.4 Å². The Balaban J connectivity index is 1.26. The van der Waals surface area contributed by atoms with Gasteiger partial charge in [0.15, 0.2) is 5.69 Å². The van der Waals surface area contributed by atoms with Crippen molar-refractivity contribution in [2.45, 2.75) is 13.0 Å². The highest BCUT2D eigenvalue weighted by atomic mass is 35.5. The van der Waals surface area contributed by atoms with Gasteiger partial charge in [0.2, 0.25) is 5.95 Å². The van der Waals surface area contributed by atoms with Crippen LogP contribution in [0.25, 0.3) is 16.9 Å². The number of rotatable bonds is 7. The fourth-order valence-corrected chi connectivity index (χ4v) is 4.54. The minimum absolute atomic E-state index is 0.0815. The fraction of sp³-hybridized carbons (Fsp3) is 0.259. The molecule has 8 nitrogen and oxygen atoms in total. The molecule has 10 heteroatoms. The van der Waals surface area contributed by atoms with Crippen LogP contribution in [0.15, 0.2) is 73.1 Å². The highest BCUT2D eigenvalue weighted by Crippen LogP contribution is 2.26. The highest BCUT2D eigenvalue weighted by molar-refractivity contribution is 6.30. The Morgan fingerprint density at radius 3 is 2.38 bits per heavy atom. The maximum absolute atomic E-state index is 13.5. The van der Waals surface area contributed by atoms with Gasteiger partial charge in [0.25, 0.3) is 5.91 Å². The first kappa shape index (κ1) is 24.9. The van der Waals surface area contributed by atoms with Crippen LogP contribution < -0.4 is 10.2 Å². The van der Waals surface area contributed by atoms with E-state index in [1.165, 1.54) is 12.1 Å². The first-order valence-electron chi connectivity index (χ1n) is 12.1. The molecule has 37 heavy (non-hydrogen) atoms.